The number of rotatable bonds is 13. The summed E-state index contributed by atoms with van der Waals surface area (Å²) < 4.78 is 45.0. The number of carbonyl (C=O) groups is 5. The minimum atomic E-state index is -4.33. The number of hydrogen-bond donors (Lipinski definition) is 1. The molecule has 1 N–H and O–H groups in total. The van der Waals surface area contributed by atoms with Gasteiger partial charge in [-0.05, 0) is 45.4 Å². The zero-order valence-electron chi connectivity index (χ0n) is 24.9. The van der Waals surface area contributed by atoms with Crippen LogP contribution in [0.2, 0.25) is 0 Å². The monoisotopic (exact) mass is 655 g/mol. The summed E-state index contributed by atoms with van der Waals surface area (Å²) in [6, 6.07) is 4.51. The lowest BCUT2D eigenvalue weighted by Gasteiger charge is -2.49. The molecule has 1 fully saturated rings. The first-order valence-electron chi connectivity index (χ1n) is 13.0. The van der Waals surface area contributed by atoms with Crippen molar-refractivity contribution in [3.8, 4) is 0 Å². The molecular formula is C27H33N3O12S2. The van der Waals surface area contributed by atoms with Gasteiger partial charge in [-0.3, -0.25) is 28.3 Å². The van der Waals surface area contributed by atoms with Gasteiger partial charge in [0, 0.05) is 12.9 Å². The van der Waals surface area contributed by atoms with Crippen LogP contribution in [0, 0.1) is 12.3 Å². The third kappa shape index (κ3) is 8.02. The summed E-state index contributed by atoms with van der Waals surface area (Å²) in [5.41, 5.74) is -0.541. The number of hydrogen-bond acceptors (Lipinski definition) is 14. The number of methoxy groups -OCH3 is 1. The van der Waals surface area contributed by atoms with E-state index in [1.54, 1.807) is 39.8 Å². The van der Waals surface area contributed by atoms with Gasteiger partial charge in [0.05, 0.1) is 16.9 Å². The van der Waals surface area contributed by atoms with Gasteiger partial charge in [-0.15, -0.1) is 11.8 Å². The lowest BCUT2D eigenvalue weighted by Crippen LogP contribution is -2.71. The molecule has 1 unspecified atom stereocenters. The molecule has 3 rings (SSSR count). The van der Waals surface area contributed by atoms with E-state index in [-0.39, 0.29) is 23.0 Å². The number of nitrogens with one attached hydrogen (secondary N) is 1. The van der Waals surface area contributed by atoms with E-state index >= 15 is 0 Å². The molecule has 240 valence electrons. The molecule has 0 bridgehead atoms. The number of amides is 2. The Hall–Kier alpha value is -3.80. The molecule has 0 saturated carbocycles. The van der Waals surface area contributed by atoms with Gasteiger partial charge in [0.15, 0.2) is 0 Å². The van der Waals surface area contributed by atoms with Crippen LogP contribution in [0.1, 0.15) is 26.3 Å². The number of ketones is 1. The maximum absolute atomic E-state index is 13.2. The Morgan fingerprint density at radius 3 is 2.34 bits per heavy atom. The third-order valence-electron chi connectivity index (χ3n) is 6.15. The molecule has 2 atom stereocenters. The second kappa shape index (κ2) is 14.3. The largest absolute Gasteiger partial charge is 0.427 e. The Balaban J connectivity index is 1.68. The van der Waals surface area contributed by atoms with Gasteiger partial charge in [0.25, 0.3) is 21.9 Å². The van der Waals surface area contributed by atoms with E-state index in [4.69, 9.17) is 18.4 Å². The predicted octanol–water partition coefficient (Wildman–Crippen LogP) is 0.662. The van der Waals surface area contributed by atoms with Crippen molar-refractivity contribution in [1.82, 2.24) is 10.2 Å². The number of carbonyl (C=O) groups excluding carboxylic acids is 5. The molecule has 0 spiro atoms. The van der Waals surface area contributed by atoms with Crippen LogP contribution in [0.3, 0.4) is 0 Å². The highest BCUT2D eigenvalue weighted by Gasteiger charge is 2.55. The summed E-state index contributed by atoms with van der Waals surface area (Å²) in [5.74, 6) is -4.27. The molecule has 0 aromatic heterocycles. The van der Waals surface area contributed by atoms with Crippen molar-refractivity contribution in [2.75, 3.05) is 40.0 Å². The van der Waals surface area contributed by atoms with E-state index < -0.39 is 75.6 Å². The van der Waals surface area contributed by atoms with Crippen LogP contribution in [0.25, 0.3) is 0 Å². The van der Waals surface area contributed by atoms with Gasteiger partial charge in [0.2, 0.25) is 18.3 Å². The molecule has 44 heavy (non-hydrogen) atoms. The van der Waals surface area contributed by atoms with Crippen LogP contribution >= 0.6 is 11.8 Å². The number of esters is 2. The minimum Gasteiger partial charge on any atom is -0.427 e. The lowest BCUT2D eigenvalue weighted by molar-refractivity contribution is -0.173. The summed E-state index contributed by atoms with van der Waals surface area (Å²) in [6.07, 6.45) is 0. The zero-order valence-corrected chi connectivity index (χ0v) is 26.5. The number of benzene rings is 1. The number of Topliss-reactive ketones (excluding diaryl/α,β-unsaturated/α-hetero) is 1. The average molecular weight is 656 g/mol. The van der Waals surface area contributed by atoms with Crippen LogP contribution in [-0.2, 0) is 57.3 Å². The number of fused-ring (bicyclic) bond motifs is 1. The van der Waals surface area contributed by atoms with Gasteiger partial charge in [-0.2, -0.15) is 8.42 Å². The SMILES string of the molecule is COCC1=C(C(=O)OCOC(=O)C(C)(C)C)N2C(=O)C(NC(=O)C(=NOC)C(=O)COS(=O)(=O)c3ccc(C)cc3)[C@H]2SC1. The number of thioether (sulfide) groups is 1. The molecule has 2 aliphatic heterocycles. The Kier molecular flexibility index (Phi) is 11.3. The summed E-state index contributed by atoms with van der Waals surface area (Å²) >= 11 is 1.21. The molecular weight excluding hydrogens is 622 g/mol. The first-order valence-corrected chi connectivity index (χ1v) is 15.5. The van der Waals surface area contributed by atoms with Gasteiger partial charge in [0.1, 0.15) is 30.8 Å². The summed E-state index contributed by atoms with van der Waals surface area (Å²) in [6.45, 7) is 4.90. The van der Waals surface area contributed by atoms with Crippen molar-refractivity contribution in [3.63, 3.8) is 0 Å². The maximum Gasteiger partial charge on any atom is 0.358 e. The lowest BCUT2D eigenvalue weighted by atomic mass is 9.98. The summed E-state index contributed by atoms with van der Waals surface area (Å²) in [7, 11) is -1.86. The second-order valence-electron chi connectivity index (χ2n) is 10.6. The molecule has 0 radical (unpaired) electrons. The Morgan fingerprint density at radius 2 is 1.75 bits per heavy atom. The fourth-order valence-corrected chi connectivity index (χ4v) is 6.07. The highest BCUT2D eigenvalue weighted by molar-refractivity contribution is 8.00. The Labute approximate surface area is 258 Å². The summed E-state index contributed by atoms with van der Waals surface area (Å²) in [4.78, 5) is 69.4. The maximum atomic E-state index is 13.2. The Bertz CT molecular complexity index is 1480. The Morgan fingerprint density at radius 1 is 1.09 bits per heavy atom. The van der Waals surface area contributed by atoms with Crippen molar-refractivity contribution in [1.29, 1.82) is 0 Å². The standard InChI is InChI=1S/C27H33N3O12S2/c1-15-7-9-17(10-8-15)44(36,37)42-12-18(31)19(29-39-6)22(32)28-20-23(33)30-21(16(11-38-5)13-43-24(20)30)25(34)40-14-41-26(35)27(2,3)4/h7-10,20,24H,11-14H2,1-6H3,(H,28,32)/t20?,24-/m1/s1. The van der Waals surface area contributed by atoms with E-state index in [0.717, 1.165) is 17.6 Å². The molecule has 2 amide bonds. The fraction of sp³-hybridized carbons (Fsp3) is 0.481. The second-order valence-corrected chi connectivity index (χ2v) is 13.3. The quantitative estimate of drug-likeness (QED) is 0.0593. The summed E-state index contributed by atoms with van der Waals surface area (Å²) in [5, 5.41) is 5.01. The third-order valence-corrected chi connectivity index (χ3v) is 8.77. The van der Waals surface area contributed by atoms with Gasteiger partial charge >= 0.3 is 11.9 Å². The smallest absolute Gasteiger partial charge is 0.358 e. The minimum absolute atomic E-state index is 0.00260. The van der Waals surface area contributed by atoms with Crippen LogP contribution in [0.4, 0.5) is 0 Å². The highest BCUT2D eigenvalue weighted by Crippen LogP contribution is 2.40. The molecule has 0 aliphatic carbocycles. The van der Waals surface area contributed by atoms with Crippen molar-refractivity contribution >= 4 is 57.1 Å². The number of ether oxygens (including phenoxy) is 3. The van der Waals surface area contributed by atoms with E-state index in [9.17, 15) is 32.4 Å². The van der Waals surface area contributed by atoms with Crippen molar-refractivity contribution in [2.24, 2.45) is 10.6 Å². The molecule has 15 nitrogen and oxygen atoms in total. The van der Waals surface area contributed by atoms with E-state index in [1.165, 1.54) is 31.0 Å². The van der Waals surface area contributed by atoms with Crippen molar-refractivity contribution in [2.45, 2.75) is 44.0 Å². The van der Waals surface area contributed by atoms with Gasteiger partial charge in [-0.25, -0.2) is 4.79 Å². The normalized spacial score (nSPS) is 18.6. The predicted molar refractivity (Wildman–Crippen MR) is 154 cm³/mol. The zero-order chi connectivity index (χ0) is 32.8. The van der Waals surface area contributed by atoms with Gasteiger partial charge < -0.3 is 24.4 Å². The molecule has 2 heterocycles. The van der Waals surface area contributed by atoms with Crippen LogP contribution in [0.5, 0.6) is 0 Å². The molecule has 1 aromatic carbocycles. The van der Waals surface area contributed by atoms with Crippen molar-refractivity contribution in [3.05, 3.63) is 41.1 Å². The average Bonchev–Trinajstić information content (AvgIpc) is 2.96. The topological polar surface area (TPSA) is 193 Å². The van der Waals surface area contributed by atoms with Crippen LogP contribution < -0.4 is 5.32 Å². The number of β-lactam (4-membered cyclic amide) rings is 1. The molecule has 17 heteroatoms. The van der Waals surface area contributed by atoms with E-state index in [2.05, 4.69) is 15.3 Å². The van der Waals surface area contributed by atoms with E-state index in [0.29, 0.717) is 5.57 Å². The number of aryl methyl sites for hydroxylation is 1. The highest BCUT2D eigenvalue weighted by atomic mass is 32.2. The van der Waals surface area contributed by atoms with E-state index in [1.807, 2.05) is 0 Å². The van der Waals surface area contributed by atoms with Crippen LogP contribution in [-0.4, -0.2) is 100.0 Å². The first-order chi connectivity index (χ1) is 20.6. The fourth-order valence-electron chi connectivity index (χ4n) is 3.87. The molecule has 2 aliphatic rings. The van der Waals surface area contributed by atoms with Crippen LogP contribution in [0.15, 0.2) is 45.6 Å². The molecule has 1 saturated heterocycles. The first kappa shape index (κ1) is 34.7. The van der Waals surface area contributed by atoms with Gasteiger partial charge in [-0.1, -0.05) is 22.9 Å². The number of nitrogens with zero attached hydrogens (tertiary/aromatic N) is 2. The molecule has 1 aromatic rings. The number of oxime groups is 1. The van der Waals surface area contributed by atoms with Crippen molar-refractivity contribution < 1.29 is 55.6 Å².